The van der Waals surface area contributed by atoms with Gasteiger partial charge in [0, 0.05) is 19.5 Å². The van der Waals surface area contributed by atoms with Crippen LogP contribution >= 0.6 is 0 Å². The van der Waals surface area contributed by atoms with Gasteiger partial charge in [0.25, 0.3) is 0 Å². The van der Waals surface area contributed by atoms with E-state index in [9.17, 15) is 14.4 Å². The average Bonchev–Trinajstić information content (AvgIpc) is 2.35. The number of amides is 2. The van der Waals surface area contributed by atoms with Crippen molar-refractivity contribution < 1.29 is 19.5 Å². The third-order valence-electron chi connectivity index (χ3n) is 3.32. The molecule has 2 atom stereocenters. The second-order valence-electron chi connectivity index (χ2n) is 5.43. The lowest BCUT2D eigenvalue weighted by atomic mass is 9.96. The average molecular weight is 270 g/mol. The van der Waals surface area contributed by atoms with E-state index in [1.165, 1.54) is 4.90 Å². The Kier molecular flexibility index (Phi) is 5.32. The summed E-state index contributed by atoms with van der Waals surface area (Å²) in [5.74, 6) is -1.52. The van der Waals surface area contributed by atoms with Crippen LogP contribution in [0.25, 0.3) is 0 Å². The van der Waals surface area contributed by atoms with E-state index in [2.05, 4.69) is 5.32 Å². The largest absolute Gasteiger partial charge is 0.481 e. The van der Waals surface area contributed by atoms with Crippen molar-refractivity contribution in [2.45, 2.75) is 39.7 Å². The van der Waals surface area contributed by atoms with Gasteiger partial charge < -0.3 is 15.3 Å². The van der Waals surface area contributed by atoms with Crippen molar-refractivity contribution >= 4 is 17.8 Å². The minimum atomic E-state index is -0.910. The van der Waals surface area contributed by atoms with E-state index in [-0.39, 0.29) is 24.8 Å². The zero-order chi connectivity index (χ0) is 14.6. The molecule has 0 saturated carbocycles. The highest BCUT2D eigenvalue weighted by atomic mass is 16.4. The number of carbonyl (C=O) groups excluding carboxylic acids is 2. The van der Waals surface area contributed by atoms with Gasteiger partial charge in [0.15, 0.2) is 0 Å². The highest BCUT2D eigenvalue weighted by molar-refractivity contribution is 5.88. The van der Waals surface area contributed by atoms with Crippen LogP contribution in [-0.4, -0.2) is 46.9 Å². The Morgan fingerprint density at radius 2 is 2.05 bits per heavy atom. The molecule has 0 radical (unpaired) electrons. The number of hydrogen-bond acceptors (Lipinski definition) is 3. The van der Waals surface area contributed by atoms with Gasteiger partial charge in [0.1, 0.15) is 6.04 Å². The fourth-order valence-corrected chi connectivity index (χ4v) is 2.04. The predicted octanol–water partition coefficient (Wildman–Crippen LogP) is 0.470. The first-order valence-electron chi connectivity index (χ1n) is 6.63. The molecule has 1 aliphatic heterocycles. The number of nitrogens with zero attached hydrogens (tertiary/aromatic N) is 1. The quantitative estimate of drug-likeness (QED) is 0.760. The Hall–Kier alpha value is -1.59. The first-order chi connectivity index (χ1) is 8.82. The zero-order valence-electron chi connectivity index (χ0n) is 11.7. The highest BCUT2D eigenvalue weighted by Gasteiger charge is 2.34. The molecule has 108 valence electrons. The number of carbonyl (C=O) groups is 3. The molecule has 1 heterocycles. The molecule has 2 unspecified atom stereocenters. The SMILES string of the molecule is CC(C)CNC(=O)C(C)N1CC(C(=O)O)CCC1=O. The van der Waals surface area contributed by atoms with E-state index in [4.69, 9.17) is 5.11 Å². The summed E-state index contributed by atoms with van der Waals surface area (Å²) in [6, 6.07) is -0.617. The van der Waals surface area contributed by atoms with Gasteiger partial charge in [-0.2, -0.15) is 0 Å². The number of piperidine rings is 1. The molecular formula is C13H22N2O4. The minimum absolute atomic E-state index is 0.116. The van der Waals surface area contributed by atoms with Crippen molar-refractivity contribution in [3.63, 3.8) is 0 Å². The van der Waals surface area contributed by atoms with Crippen LogP contribution < -0.4 is 5.32 Å². The van der Waals surface area contributed by atoms with E-state index < -0.39 is 17.9 Å². The van der Waals surface area contributed by atoms with Gasteiger partial charge in [-0.15, -0.1) is 0 Å². The van der Waals surface area contributed by atoms with E-state index >= 15 is 0 Å². The molecule has 1 saturated heterocycles. The lowest BCUT2D eigenvalue weighted by Crippen LogP contribution is -2.53. The van der Waals surface area contributed by atoms with Crippen LogP contribution in [0.15, 0.2) is 0 Å². The number of carboxylic acid groups (broad SMARTS) is 1. The molecule has 2 amide bonds. The Bertz CT molecular complexity index is 368. The summed E-state index contributed by atoms with van der Waals surface area (Å²) in [5, 5.41) is 11.8. The molecule has 6 nitrogen and oxygen atoms in total. The number of rotatable bonds is 5. The Labute approximate surface area is 113 Å². The highest BCUT2D eigenvalue weighted by Crippen LogP contribution is 2.20. The van der Waals surface area contributed by atoms with Crippen molar-refractivity contribution in [3.05, 3.63) is 0 Å². The first kappa shape index (κ1) is 15.5. The van der Waals surface area contributed by atoms with Crippen LogP contribution in [0, 0.1) is 11.8 Å². The second kappa shape index (κ2) is 6.54. The number of likely N-dealkylation sites (tertiary alicyclic amines) is 1. The maximum atomic E-state index is 11.9. The number of carboxylic acids is 1. The molecule has 0 aromatic heterocycles. The molecule has 0 aliphatic carbocycles. The van der Waals surface area contributed by atoms with Crippen molar-refractivity contribution in [1.82, 2.24) is 10.2 Å². The normalized spacial score (nSPS) is 21.4. The van der Waals surface area contributed by atoms with Gasteiger partial charge in [-0.3, -0.25) is 14.4 Å². The lowest BCUT2D eigenvalue weighted by molar-refractivity contribution is -0.151. The van der Waals surface area contributed by atoms with Crippen LogP contribution in [0.2, 0.25) is 0 Å². The topological polar surface area (TPSA) is 86.7 Å². The summed E-state index contributed by atoms with van der Waals surface area (Å²) >= 11 is 0. The third-order valence-corrected chi connectivity index (χ3v) is 3.32. The zero-order valence-corrected chi connectivity index (χ0v) is 11.7. The van der Waals surface area contributed by atoms with Gasteiger partial charge in [0.2, 0.25) is 11.8 Å². The van der Waals surface area contributed by atoms with E-state index in [1.807, 2.05) is 13.8 Å². The summed E-state index contributed by atoms with van der Waals surface area (Å²) in [4.78, 5) is 36.1. The van der Waals surface area contributed by atoms with E-state index in [0.717, 1.165) is 0 Å². The molecule has 19 heavy (non-hydrogen) atoms. The van der Waals surface area contributed by atoms with Gasteiger partial charge >= 0.3 is 5.97 Å². The monoisotopic (exact) mass is 270 g/mol. The van der Waals surface area contributed by atoms with Crippen molar-refractivity contribution in [2.75, 3.05) is 13.1 Å². The summed E-state index contributed by atoms with van der Waals surface area (Å²) in [5.41, 5.74) is 0. The van der Waals surface area contributed by atoms with Crippen LogP contribution in [0.1, 0.15) is 33.6 Å². The van der Waals surface area contributed by atoms with Gasteiger partial charge in [-0.25, -0.2) is 0 Å². The van der Waals surface area contributed by atoms with Crippen LogP contribution in [-0.2, 0) is 14.4 Å². The van der Waals surface area contributed by atoms with E-state index in [0.29, 0.717) is 18.9 Å². The molecule has 0 aromatic carbocycles. The summed E-state index contributed by atoms with van der Waals surface area (Å²) < 4.78 is 0. The molecule has 6 heteroatoms. The molecule has 1 rings (SSSR count). The third kappa shape index (κ3) is 4.22. The fourth-order valence-electron chi connectivity index (χ4n) is 2.04. The first-order valence-corrected chi connectivity index (χ1v) is 6.63. The Morgan fingerprint density at radius 1 is 1.42 bits per heavy atom. The van der Waals surface area contributed by atoms with Crippen molar-refractivity contribution in [1.29, 1.82) is 0 Å². The maximum absolute atomic E-state index is 11.9. The molecule has 0 aromatic rings. The smallest absolute Gasteiger partial charge is 0.308 e. The standard InChI is InChI=1S/C13H22N2O4/c1-8(2)6-14-12(17)9(3)15-7-10(13(18)19)4-5-11(15)16/h8-10H,4-7H2,1-3H3,(H,14,17)(H,18,19). The molecule has 0 bridgehead atoms. The number of nitrogens with one attached hydrogen (secondary N) is 1. The molecule has 1 fully saturated rings. The van der Waals surface area contributed by atoms with Crippen LogP contribution in [0.5, 0.6) is 0 Å². The van der Waals surface area contributed by atoms with Gasteiger partial charge in [-0.1, -0.05) is 13.8 Å². The summed E-state index contributed by atoms with van der Waals surface area (Å²) in [6.45, 7) is 6.27. The summed E-state index contributed by atoms with van der Waals surface area (Å²) in [6.07, 6.45) is 0.545. The number of aliphatic carboxylic acids is 1. The number of hydrogen-bond donors (Lipinski definition) is 2. The lowest BCUT2D eigenvalue weighted by Gasteiger charge is -2.34. The second-order valence-corrected chi connectivity index (χ2v) is 5.43. The van der Waals surface area contributed by atoms with E-state index in [1.54, 1.807) is 6.92 Å². The molecular weight excluding hydrogens is 248 g/mol. The maximum Gasteiger partial charge on any atom is 0.308 e. The predicted molar refractivity (Wildman–Crippen MR) is 69.4 cm³/mol. The Morgan fingerprint density at radius 3 is 2.58 bits per heavy atom. The van der Waals surface area contributed by atoms with Crippen LogP contribution in [0.4, 0.5) is 0 Å². The molecule has 0 spiro atoms. The summed E-state index contributed by atoms with van der Waals surface area (Å²) in [7, 11) is 0. The molecule has 1 aliphatic rings. The fraction of sp³-hybridized carbons (Fsp3) is 0.769. The van der Waals surface area contributed by atoms with Gasteiger partial charge in [0.05, 0.1) is 5.92 Å². The van der Waals surface area contributed by atoms with Crippen LogP contribution in [0.3, 0.4) is 0 Å². The Balaban J connectivity index is 2.62. The van der Waals surface area contributed by atoms with Gasteiger partial charge in [-0.05, 0) is 19.3 Å². The van der Waals surface area contributed by atoms with Crippen molar-refractivity contribution in [3.8, 4) is 0 Å². The van der Waals surface area contributed by atoms with Crippen molar-refractivity contribution in [2.24, 2.45) is 11.8 Å². The minimum Gasteiger partial charge on any atom is -0.481 e. The molecule has 2 N–H and O–H groups in total.